The van der Waals surface area contributed by atoms with E-state index < -0.39 is 0 Å². The molecular weight excluding hydrogens is 504 g/mol. The quantitative estimate of drug-likeness (QED) is 0.267. The number of ether oxygens (including phenoxy) is 1. The molecule has 0 bridgehead atoms. The number of nitrogens with one attached hydrogen (secondary N) is 2. The Kier molecular flexibility index (Phi) is 8.10. The van der Waals surface area contributed by atoms with Crippen molar-refractivity contribution in [2.24, 2.45) is 0 Å². The van der Waals surface area contributed by atoms with Crippen LogP contribution in [0.5, 0.6) is 5.75 Å². The van der Waals surface area contributed by atoms with Crippen molar-refractivity contribution < 1.29 is 9.53 Å². The van der Waals surface area contributed by atoms with Crippen molar-refractivity contribution >= 4 is 39.9 Å². The second-order valence-electron chi connectivity index (χ2n) is 10.9. The molecule has 6 nitrogen and oxygen atoms in total. The maximum Gasteiger partial charge on any atom is 0.323 e. The Bertz CT molecular complexity index is 1460. The number of aromatic nitrogens is 1. The highest BCUT2D eigenvalue weighted by atomic mass is 32.2. The molecule has 1 aromatic heterocycles. The smallest absolute Gasteiger partial charge is 0.323 e. The monoisotopic (exact) mass is 540 g/mol. The maximum atomic E-state index is 13.0. The zero-order valence-electron chi connectivity index (χ0n) is 23.1. The molecule has 2 heterocycles. The van der Waals surface area contributed by atoms with Gasteiger partial charge in [0.15, 0.2) is 0 Å². The van der Waals surface area contributed by atoms with Gasteiger partial charge in [-0.05, 0) is 46.2 Å². The van der Waals surface area contributed by atoms with Crippen molar-refractivity contribution in [3.8, 4) is 16.9 Å². The fraction of sp³-hybridized carbons (Fsp3) is 0.312. The minimum atomic E-state index is -0.322. The molecule has 1 aliphatic rings. The van der Waals surface area contributed by atoms with Gasteiger partial charge >= 0.3 is 6.03 Å². The summed E-state index contributed by atoms with van der Waals surface area (Å²) in [5, 5.41) is 8.01. The molecule has 1 fully saturated rings. The maximum absolute atomic E-state index is 13.0. The summed E-state index contributed by atoms with van der Waals surface area (Å²) in [7, 11) is 1.62. The van der Waals surface area contributed by atoms with Gasteiger partial charge in [-0.3, -0.25) is 9.88 Å². The van der Waals surface area contributed by atoms with Crippen LogP contribution in [0.1, 0.15) is 32.0 Å². The fourth-order valence-electron chi connectivity index (χ4n) is 4.86. The van der Waals surface area contributed by atoms with E-state index in [4.69, 9.17) is 9.72 Å². The van der Waals surface area contributed by atoms with Crippen LogP contribution < -0.4 is 15.4 Å². The van der Waals surface area contributed by atoms with Crippen LogP contribution in [0.2, 0.25) is 0 Å². The minimum absolute atomic E-state index is 0.0167. The lowest BCUT2D eigenvalue weighted by Crippen LogP contribution is -2.32. The lowest BCUT2D eigenvalue weighted by atomic mass is 9.87. The molecule has 2 N–H and O–H groups in total. The van der Waals surface area contributed by atoms with E-state index in [1.165, 1.54) is 11.5 Å². The topological polar surface area (TPSA) is 66.5 Å². The molecule has 2 amide bonds. The number of carbonyl (C=O) groups excluding carboxylic acids is 1. The molecule has 4 aromatic rings. The predicted octanol–water partition coefficient (Wildman–Crippen LogP) is 7.40. The Morgan fingerprint density at radius 1 is 0.949 bits per heavy atom. The van der Waals surface area contributed by atoms with Crippen LogP contribution in [0.25, 0.3) is 21.9 Å². The van der Waals surface area contributed by atoms with Gasteiger partial charge in [0.05, 0.1) is 24.2 Å². The number of fused-ring (bicyclic) bond motifs is 1. The van der Waals surface area contributed by atoms with Gasteiger partial charge in [-0.25, -0.2) is 4.79 Å². The first kappa shape index (κ1) is 27.0. The Morgan fingerprint density at radius 3 is 2.36 bits per heavy atom. The summed E-state index contributed by atoms with van der Waals surface area (Å²) in [5.74, 6) is 3.02. The van der Waals surface area contributed by atoms with Crippen LogP contribution in [0.15, 0.2) is 72.9 Å². The molecule has 0 unspecified atom stereocenters. The van der Waals surface area contributed by atoms with Crippen LogP contribution in [0.4, 0.5) is 16.2 Å². The van der Waals surface area contributed by atoms with Gasteiger partial charge in [0.2, 0.25) is 0 Å². The van der Waals surface area contributed by atoms with E-state index in [-0.39, 0.29) is 11.4 Å². The van der Waals surface area contributed by atoms with E-state index in [2.05, 4.69) is 60.6 Å². The van der Waals surface area contributed by atoms with Crippen LogP contribution in [0.3, 0.4) is 0 Å². The average Bonchev–Trinajstić information content (AvgIpc) is 2.94. The molecule has 39 heavy (non-hydrogen) atoms. The number of benzene rings is 3. The van der Waals surface area contributed by atoms with Gasteiger partial charge in [-0.15, -0.1) is 0 Å². The van der Waals surface area contributed by atoms with Crippen LogP contribution in [-0.2, 0) is 12.0 Å². The summed E-state index contributed by atoms with van der Waals surface area (Å²) in [6.07, 6.45) is 1.96. The molecule has 1 aliphatic heterocycles. The first-order chi connectivity index (χ1) is 18.8. The zero-order chi connectivity index (χ0) is 27.4. The van der Waals surface area contributed by atoms with Gasteiger partial charge in [0.1, 0.15) is 5.75 Å². The third kappa shape index (κ3) is 6.37. The molecule has 5 rings (SSSR count). The molecular formula is C32H36N4O2S. The number of rotatable bonds is 6. The van der Waals surface area contributed by atoms with Gasteiger partial charge in [-0.1, -0.05) is 63.2 Å². The van der Waals surface area contributed by atoms with Gasteiger partial charge in [0, 0.05) is 48.3 Å². The van der Waals surface area contributed by atoms with Crippen molar-refractivity contribution in [1.29, 1.82) is 0 Å². The van der Waals surface area contributed by atoms with E-state index in [1.807, 2.05) is 60.4 Å². The SMILES string of the molecule is COc1cc(C(C)(C)C)ccc1NC(=O)Nc1ccc(-c2ccc(CN3CCSCC3)nc2)c2ccccc12. The van der Waals surface area contributed by atoms with E-state index in [0.29, 0.717) is 11.4 Å². The fourth-order valence-corrected chi connectivity index (χ4v) is 5.84. The van der Waals surface area contributed by atoms with Crippen LogP contribution in [0, 0.1) is 0 Å². The number of nitrogens with zero attached hydrogens (tertiary/aromatic N) is 2. The molecule has 202 valence electrons. The Hall–Kier alpha value is -3.55. The zero-order valence-corrected chi connectivity index (χ0v) is 23.9. The highest BCUT2D eigenvalue weighted by molar-refractivity contribution is 7.99. The normalized spacial score (nSPS) is 14.3. The number of carbonyl (C=O) groups is 1. The minimum Gasteiger partial charge on any atom is -0.495 e. The van der Waals surface area contributed by atoms with E-state index in [0.717, 1.165) is 58.5 Å². The molecule has 1 saturated heterocycles. The molecule has 0 aliphatic carbocycles. The first-order valence-electron chi connectivity index (χ1n) is 13.4. The summed E-state index contributed by atoms with van der Waals surface area (Å²) in [5.41, 5.74) is 5.73. The highest BCUT2D eigenvalue weighted by Gasteiger charge is 2.18. The van der Waals surface area contributed by atoms with Gasteiger partial charge < -0.3 is 15.4 Å². The molecule has 0 radical (unpaired) electrons. The molecule has 0 saturated carbocycles. The van der Waals surface area contributed by atoms with Crippen LogP contribution in [-0.4, -0.2) is 47.6 Å². The van der Waals surface area contributed by atoms with Gasteiger partial charge in [0.25, 0.3) is 0 Å². The second-order valence-corrected chi connectivity index (χ2v) is 12.1. The highest BCUT2D eigenvalue weighted by Crippen LogP contribution is 2.34. The molecule has 0 atom stereocenters. The summed E-state index contributed by atoms with van der Waals surface area (Å²) in [6, 6.07) is 22.0. The summed E-state index contributed by atoms with van der Waals surface area (Å²) < 4.78 is 5.57. The van der Waals surface area contributed by atoms with Crippen molar-refractivity contribution in [2.45, 2.75) is 32.7 Å². The number of anilines is 2. The third-order valence-electron chi connectivity index (χ3n) is 7.11. The average molecular weight is 541 g/mol. The van der Waals surface area contributed by atoms with E-state index >= 15 is 0 Å². The largest absolute Gasteiger partial charge is 0.495 e. The van der Waals surface area contributed by atoms with Crippen molar-refractivity contribution in [3.05, 3.63) is 84.2 Å². The Morgan fingerprint density at radius 2 is 1.67 bits per heavy atom. The molecule has 3 aromatic carbocycles. The van der Waals surface area contributed by atoms with Crippen molar-refractivity contribution in [1.82, 2.24) is 9.88 Å². The lowest BCUT2D eigenvalue weighted by Gasteiger charge is -2.25. The van der Waals surface area contributed by atoms with Crippen molar-refractivity contribution in [3.63, 3.8) is 0 Å². The lowest BCUT2D eigenvalue weighted by molar-refractivity contribution is 0.262. The Labute approximate surface area is 235 Å². The number of pyridine rings is 1. The number of thioether (sulfide) groups is 1. The van der Waals surface area contributed by atoms with E-state index in [1.54, 1.807) is 7.11 Å². The first-order valence-corrected chi connectivity index (χ1v) is 14.5. The van der Waals surface area contributed by atoms with Gasteiger partial charge in [-0.2, -0.15) is 11.8 Å². The number of hydrogen-bond acceptors (Lipinski definition) is 5. The Balaban J connectivity index is 1.35. The molecule has 0 spiro atoms. The predicted molar refractivity (Wildman–Crippen MR) is 164 cm³/mol. The standard InChI is InChI=1S/C32H36N4O2S/c1-32(2,3)23-10-13-29(30(19-23)38-4)35-31(37)34-28-14-12-25(26-7-5-6-8-27(26)28)22-9-11-24(33-20-22)21-36-15-17-39-18-16-36/h5-14,19-20H,15-18,21H2,1-4H3,(H2,34,35,37). The third-order valence-corrected chi connectivity index (χ3v) is 8.06. The summed E-state index contributed by atoms with van der Waals surface area (Å²) >= 11 is 2.02. The number of amides is 2. The number of hydrogen-bond donors (Lipinski definition) is 2. The molecule has 7 heteroatoms. The van der Waals surface area contributed by atoms with E-state index in [9.17, 15) is 4.79 Å². The summed E-state index contributed by atoms with van der Waals surface area (Å²) in [4.78, 5) is 20.3. The second kappa shape index (κ2) is 11.7. The number of methoxy groups -OCH3 is 1. The van der Waals surface area contributed by atoms with Crippen LogP contribution >= 0.6 is 11.8 Å². The number of urea groups is 1. The van der Waals surface area contributed by atoms with Crippen molar-refractivity contribution in [2.75, 3.05) is 42.3 Å². The summed E-state index contributed by atoms with van der Waals surface area (Å²) in [6.45, 7) is 9.58.